The van der Waals surface area contributed by atoms with E-state index in [0.717, 1.165) is 13.1 Å². The van der Waals surface area contributed by atoms with Crippen molar-refractivity contribution in [3.05, 3.63) is 34.4 Å². The van der Waals surface area contributed by atoms with Crippen molar-refractivity contribution in [3.63, 3.8) is 0 Å². The number of anilines is 1. The minimum Gasteiger partial charge on any atom is -0.384 e. The summed E-state index contributed by atoms with van der Waals surface area (Å²) < 4.78 is 5.20. The molecule has 2 N–H and O–H groups in total. The molecule has 7 heteroatoms. The van der Waals surface area contributed by atoms with E-state index in [1.807, 2.05) is 0 Å². The van der Waals surface area contributed by atoms with E-state index in [2.05, 4.69) is 10.6 Å². The van der Waals surface area contributed by atoms with E-state index in [1.54, 1.807) is 19.2 Å². The van der Waals surface area contributed by atoms with E-state index >= 15 is 0 Å². The third kappa shape index (κ3) is 3.37. The van der Waals surface area contributed by atoms with Gasteiger partial charge in [-0.2, -0.15) is 0 Å². The van der Waals surface area contributed by atoms with E-state index in [-0.39, 0.29) is 17.3 Å². The largest absolute Gasteiger partial charge is 0.384 e. The van der Waals surface area contributed by atoms with Crippen LogP contribution in [0.1, 0.15) is 12.8 Å². The summed E-state index contributed by atoms with van der Waals surface area (Å²) in [5, 5.41) is 16.9. The SMILES string of the molecule is COCC1(C(=O)Nc2ccccc2[N+](=O)[O-])CCNCC1. The first kappa shape index (κ1) is 15.4. The van der Waals surface area contributed by atoms with Crippen LogP contribution in [0.4, 0.5) is 11.4 Å². The predicted octanol–water partition coefficient (Wildman–Crippen LogP) is 1.55. The highest BCUT2D eigenvalue weighted by Crippen LogP contribution is 2.32. The van der Waals surface area contributed by atoms with Crippen LogP contribution in [-0.2, 0) is 9.53 Å². The Morgan fingerprint density at radius 3 is 2.71 bits per heavy atom. The van der Waals surface area contributed by atoms with Crippen molar-refractivity contribution in [2.75, 3.05) is 32.1 Å². The molecule has 0 bridgehead atoms. The Hall–Kier alpha value is -1.99. The lowest BCUT2D eigenvalue weighted by Crippen LogP contribution is -2.47. The second kappa shape index (κ2) is 6.64. The fraction of sp³-hybridized carbons (Fsp3) is 0.500. The second-order valence-corrected chi connectivity index (χ2v) is 5.19. The highest BCUT2D eigenvalue weighted by atomic mass is 16.6. The van der Waals surface area contributed by atoms with Crippen LogP contribution in [-0.4, -0.2) is 37.6 Å². The summed E-state index contributed by atoms with van der Waals surface area (Å²) in [6, 6.07) is 6.15. The van der Waals surface area contributed by atoms with Gasteiger partial charge in [0.1, 0.15) is 5.69 Å². The van der Waals surface area contributed by atoms with Crippen LogP contribution in [0, 0.1) is 15.5 Å². The predicted molar refractivity (Wildman–Crippen MR) is 78.1 cm³/mol. The Labute approximate surface area is 122 Å². The number of carbonyl (C=O) groups excluding carboxylic acids is 1. The van der Waals surface area contributed by atoms with Crippen LogP contribution in [0.5, 0.6) is 0 Å². The highest BCUT2D eigenvalue weighted by Gasteiger charge is 2.40. The lowest BCUT2D eigenvalue weighted by Gasteiger charge is -2.35. The number of nitro groups is 1. The number of nitro benzene ring substituents is 1. The average Bonchev–Trinajstić information content (AvgIpc) is 2.49. The summed E-state index contributed by atoms with van der Waals surface area (Å²) >= 11 is 0. The van der Waals surface area contributed by atoms with E-state index in [1.165, 1.54) is 12.1 Å². The van der Waals surface area contributed by atoms with Gasteiger partial charge in [0, 0.05) is 13.2 Å². The molecule has 0 atom stereocenters. The molecule has 1 heterocycles. The molecule has 0 spiro atoms. The van der Waals surface area contributed by atoms with Crippen LogP contribution in [0.15, 0.2) is 24.3 Å². The molecule has 0 aliphatic carbocycles. The number of piperidine rings is 1. The Kier molecular flexibility index (Phi) is 4.87. The zero-order valence-electron chi connectivity index (χ0n) is 11.9. The first-order valence-corrected chi connectivity index (χ1v) is 6.83. The number of nitrogens with zero attached hydrogens (tertiary/aromatic N) is 1. The molecule has 0 aromatic heterocycles. The molecule has 7 nitrogen and oxygen atoms in total. The van der Waals surface area contributed by atoms with Crippen LogP contribution in [0.2, 0.25) is 0 Å². The molecular formula is C14H19N3O4. The van der Waals surface area contributed by atoms with E-state index < -0.39 is 10.3 Å². The van der Waals surface area contributed by atoms with Crippen LogP contribution in [0.3, 0.4) is 0 Å². The van der Waals surface area contributed by atoms with Crippen molar-refractivity contribution in [2.24, 2.45) is 5.41 Å². The fourth-order valence-electron chi connectivity index (χ4n) is 2.61. The molecule has 21 heavy (non-hydrogen) atoms. The van der Waals surface area contributed by atoms with E-state index in [4.69, 9.17) is 4.74 Å². The lowest BCUT2D eigenvalue weighted by molar-refractivity contribution is -0.383. The Balaban J connectivity index is 2.21. The number of methoxy groups -OCH3 is 1. The summed E-state index contributed by atoms with van der Waals surface area (Å²) in [7, 11) is 1.56. The third-order valence-electron chi connectivity index (χ3n) is 3.81. The zero-order valence-corrected chi connectivity index (χ0v) is 11.9. The van der Waals surface area contributed by atoms with Gasteiger partial charge in [0.2, 0.25) is 5.91 Å². The third-order valence-corrected chi connectivity index (χ3v) is 3.81. The van der Waals surface area contributed by atoms with Crippen molar-refractivity contribution >= 4 is 17.3 Å². The summed E-state index contributed by atoms with van der Waals surface area (Å²) in [5.74, 6) is -0.222. The maximum absolute atomic E-state index is 12.6. The molecule has 0 saturated carbocycles. The standard InChI is InChI=1S/C14H19N3O4/c1-21-10-14(6-8-15-9-7-14)13(18)16-11-4-2-3-5-12(11)17(19)20/h2-5,15H,6-10H2,1H3,(H,16,18). The maximum atomic E-state index is 12.6. The Bertz CT molecular complexity index is 521. The van der Waals surface area contributed by atoms with Gasteiger partial charge in [-0.25, -0.2) is 0 Å². The number of benzene rings is 1. The topological polar surface area (TPSA) is 93.5 Å². The minimum absolute atomic E-state index is 0.104. The number of hydrogen-bond donors (Lipinski definition) is 2. The number of ether oxygens (including phenoxy) is 1. The fourth-order valence-corrected chi connectivity index (χ4v) is 2.61. The van der Waals surface area contributed by atoms with Gasteiger partial charge in [-0.15, -0.1) is 0 Å². The number of amides is 1. The quantitative estimate of drug-likeness (QED) is 0.634. The Morgan fingerprint density at radius 2 is 2.10 bits per heavy atom. The average molecular weight is 293 g/mol. The molecular weight excluding hydrogens is 274 g/mol. The summed E-state index contributed by atoms with van der Waals surface area (Å²) in [5.41, 5.74) is -0.516. The van der Waals surface area contributed by atoms with E-state index in [9.17, 15) is 14.9 Å². The number of rotatable bonds is 5. The van der Waals surface area contributed by atoms with Gasteiger partial charge in [-0.1, -0.05) is 12.1 Å². The monoisotopic (exact) mass is 293 g/mol. The number of carbonyl (C=O) groups is 1. The normalized spacial score (nSPS) is 17.2. The molecule has 1 amide bonds. The smallest absolute Gasteiger partial charge is 0.292 e. The molecule has 1 aliphatic rings. The molecule has 2 rings (SSSR count). The van der Waals surface area contributed by atoms with Crippen molar-refractivity contribution in [2.45, 2.75) is 12.8 Å². The number of nitrogens with one attached hydrogen (secondary N) is 2. The van der Waals surface area contributed by atoms with Crippen LogP contribution >= 0.6 is 0 Å². The summed E-state index contributed by atoms with van der Waals surface area (Å²) in [4.78, 5) is 23.1. The zero-order chi connectivity index (χ0) is 15.3. The Morgan fingerprint density at radius 1 is 1.43 bits per heavy atom. The first-order chi connectivity index (χ1) is 10.1. The van der Waals surface area contributed by atoms with Gasteiger partial charge in [-0.3, -0.25) is 14.9 Å². The minimum atomic E-state index is -0.635. The van der Waals surface area contributed by atoms with Gasteiger partial charge >= 0.3 is 0 Å². The van der Waals surface area contributed by atoms with Gasteiger partial charge < -0.3 is 15.4 Å². The van der Waals surface area contributed by atoms with Crippen molar-refractivity contribution in [3.8, 4) is 0 Å². The van der Waals surface area contributed by atoms with Crippen molar-refractivity contribution in [1.82, 2.24) is 5.32 Å². The van der Waals surface area contributed by atoms with Gasteiger partial charge in [-0.05, 0) is 32.0 Å². The second-order valence-electron chi connectivity index (χ2n) is 5.19. The van der Waals surface area contributed by atoms with Crippen LogP contribution < -0.4 is 10.6 Å². The lowest BCUT2D eigenvalue weighted by atomic mass is 9.78. The molecule has 0 radical (unpaired) electrons. The van der Waals surface area contributed by atoms with Crippen LogP contribution in [0.25, 0.3) is 0 Å². The van der Waals surface area contributed by atoms with Crippen molar-refractivity contribution < 1.29 is 14.5 Å². The number of hydrogen-bond acceptors (Lipinski definition) is 5. The molecule has 1 saturated heterocycles. The summed E-state index contributed by atoms with van der Waals surface area (Å²) in [6.07, 6.45) is 1.29. The van der Waals surface area contributed by atoms with Crippen molar-refractivity contribution in [1.29, 1.82) is 0 Å². The molecule has 1 aromatic carbocycles. The molecule has 114 valence electrons. The number of para-hydroxylation sites is 2. The highest BCUT2D eigenvalue weighted by molar-refractivity contribution is 5.97. The molecule has 1 fully saturated rings. The van der Waals surface area contributed by atoms with Gasteiger partial charge in [0.15, 0.2) is 0 Å². The molecule has 0 unspecified atom stereocenters. The molecule has 1 aromatic rings. The van der Waals surface area contributed by atoms with E-state index in [0.29, 0.717) is 19.4 Å². The van der Waals surface area contributed by atoms with Gasteiger partial charge in [0.05, 0.1) is 16.9 Å². The maximum Gasteiger partial charge on any atom is 0.292 e. The summed E-state index contributed by atoms with van der Waals surface area (Å²) in [6.45, 7) is 1.77. The van der Waals surface area contributed by atoms with Gasteiger partial charge in [0.25, 0.3) is 5.69 Å². The first-order valence-electron chi connectivity index (χ1n) is 6.83. The molecule has 1 aliphatic heterocycles.